The molecule has 1 aromatic rings. The van der Waals surface area contributed by atoms with Crippen molar-refractivity contribution in [2.75, 3.05) is 18.4 Å². The maximum Gasteiger partial charge on any atom is 0.321 e. The highest BCUT2D eigenvalue weighted by atomic mass is 16.4. The van der Waals surface area contributed by atoms with E-state index in [9.17, 15) is 14.4 Å². The summed E-state index contributed by atoms with van der Waals surface area (Å²) in [5.74, 6) is -1.19. The van der Waals surface area contributed by atoms with Gasteiger partial charge in [0.05, 0.1) is 5.92 Å². The van der Waals surface area contributed by atoms with Crippen LogP contribution in [0.2, 0.25) is 0 Å². The predicted molar refractivity (Wildman–Crippen MR) is 75.4 cm³/mol. The van der Waals surface area contributed by atoms with E-state index in [1.54, 1.807) is 12.1 Å². The molecule has 1 fully saturated rings. The van der Waals surface area contributed by atoms with Crippen molar-refractivity contribution < 1.29 is 19.5 Å². The van der Waals surface area contributed by atoms with Gasteiger partial charge in [0.2, 0.25) is 0 Å². The Kier molecular flexibility index (Phi) is 3.37. The smallest absolute Gasteiger partial charge is 0.321 e. The van der Waals surface area contributed by atoms with E-state index < -0.39 is 11.9 Å². The highest BCUT2D eigenvalue weighted by Gasteiger charge is 2.31. The molecule has 110 valence electrons. The number of nitrogens with one attached hydrogen (secondary N) is 1. The Bertz CT molecular complexity index is 626. The van der Waals surface area contributed by atoms with Crippen LogP contribution in [-0.4, -0.2) is 40.9 Å². The molecule has 1 aliphatic heterocycles. The minimum atomic E-state index is -0.860. The van der Waals surface area contributed by atoms with Gasteiger partial charge < -0.3 is 15.3 Å². The van der Waals surface area contributed by atoms with Crippen LogP contribution in [0.1, 0.15) is 28.8 Å². The van der Waals surface area contributed by atoms with Gasteiger partial charge in [-0.25, -0.2) is 4.79 Å². The summed E-state index contributed by atoms with van der Waals surface area (Å²) in [6, 6.07) is 4.99. The number of amides is 2. The maximum absolute atomic E-state index is 12.1. The zero-order chi connectivity index (χ0) is 15.0. The van der Waals surface area contributed by atoms with Crippen LogP contribution in [0.4, 0.5) is 10.5 Å². The third kappa shape index (κ3) is 2.61. The molecule has 6 heteroatoms. The van der Waals surface area contributed by atoms with Crippen molar-refractivity contribution in [1.82, 2.24) is 4.90 Å². The average Bonchev–Trinajstić information content (AvgIpc) is 3.06. The molecule has 2 N–H and O–H groups in total. The van der Waals surface area contributed by atoms with E-state index >= 15 is 0 Å². The number of carbonyl (C=O) groups excluding carboxylic acids is 2. The number of Topliss-reactive ketones (excluding diaryl/α,β-unsaturated/α-hetero) is 1. The Labute approximate surface area is 121 Å². The van der Waals surface area contributed by atoms with Crippen LogP contribution < -0.4 is 5.32 Å². The first-order valence-electron chi connectivity index (χ1n) is 6.99. The van der Waals surface area contributed by atoms with Gasteiger partial charge >= 0.3 is 12.0 Å². The minimum Gasteiger partial charge on any atom is -0.481 e. The third-order valence-corrected chi connectivity index (χ3v) is 4.10. The van der Waals surface area contributed by atoms with E-state index in [1.807, 2.05) is 6.07 Å². The van der Waals surface area contributed by atoms with Gasteiger partial charge in [0.1, 0.15) is 0 Å². The number of carboxylic acids is 1. The summed E-state index contributed by atoms with van der Waals surface area (Å²) in [6.45, 7) is 0.691. The Morgan fingerprint density at radius 1 is 1.29 bits per heavy atom. The fourth-order valence-electron chi connectivity index (χ4n) is 2.88. The zero-order valence-corrected chi connectivity index (χ0v) is 11.5. The molecule has 0 aromatic heterocycles. The van der Waals surface area contributed by atoms with Crippen LogP contribution in [-0.2, 0) is 11.2 Å². The SMILES string of the molecule is O=C1CCc2cc(NC(=O)N3CCC(C(=O)O)C3)ccc21. The molecule has 0 radical (unpaired) electrons. The van der Waals surface area contributed by atoms with Crippen molar-refractivity contribution in [3.63, 3.8) is 0 Å². The summed E-state index contributed by atoms with van der Waals surface area (Å²) in [6.07, 6.45) is 1.73. The summed E-state index contributed by atoms with van der Waals surface area (Å²) in [5, 5.41) is 11.7. The number of rotatable bonds is 2. The zero-order valence-electron chi connectivity index (χ0n) is 11.5. The van der Waals surface area contributed by atoms with Gasteiger partial charge in [0.25, 0.3) is 0 Å². The van der Waals surface area contributed by atoms with E-state index in [1.165, 1.54) is 4.90 Å². The van der Waals surface area contributed by atoms with Crippen molar-refractivity contribution in [2.45, 2.75) is 19.3 Å². The number of aliphatic carboxylic acids is 1. The molecule has 2 amide bonds. The number of urea groups is 1. The number of fused-ring (bicyclic) bond motifs is 1. The number of aryl methyl sites for hydroxylation is 1. The van der Waals surface area contributed by atoms with E-state index in [0.29, 0.717) is 31.5 Å². The van der Waals surface area contributed by atoms with Crippen LogP contribution in [0.25, 0.3) is 0 Å². The van der Waals surface area contributed by atoms with E-state index in [-0.39, 0.29) is 18.4 Å². The summed E-state index contributed by atoms with van der Waals surface area (Å²) in [4.78, 5) is 36.1. The summed E-state index contributed by atoms with van der Waals surface area (Å²) in [7, 11) is 0. The first-order chi connectivity index (χ1) is 10.0. The van der Waals surface area contributed by atoms with Crippen molar-refractivity contribution in [1.29, 1.82) is 0 Å². The standard InChI is InChI=1S/C15H16N2O4/c18-13-4-1-9-7-11(2-3-12(9)13)16-15(21)17-6-5-10(8-17)14(19)20/h2-3,7,10H,1,4-6,8H2,(H,16,21)(H,19,20). The van der Waals surface area contributed by atoms with Crippen molar-refractivity contribution in [3.05, 3.63) is 29.3 Å². The molecule has 1 unspecified atom stereocenters. The highest BCUT2D eigenvalue weighted by molar-refractivity contribution is 6.01. The monoisotopic (exact) mass is 288 g/mol. The molecule has 21 heavy (non-hydrogen) atoms. The van der Waals surface area contributed by atoms with E-state index in [0.717, 1.165) is 11.1 Å². The van der Waals surface area contributed by atoms with Crippen molar-refractivity contribution >= 4 is 23.5 Å². The average molecular weight is 288 g/mol. The normalized spacial score (nSPS) is 20.5. The van der Waals surface area contributed by atoms with Crippen molar-refractivity contribution in [2.24, 2.45) is 5.92 Å². The number of nitrogens with zero attached hydrogens (tertiary/aromatic N) is 1. The molecule has 3 rings (SSSR count). The number of hydrogen-bond donors (Lipinski definition) is 2. The lowest BCUT2D eigenvalue weighted by atomic mass is 10.1. The van der Waals surface area contributed by atoms with Gasteiger partial charge in [0, 0.05) is 30.8 Å². The third-order valence-electron chi connectivity index (χ3n) is 4.10. The number of likely N-dealkylation sites (tertiary alicyclic amines) is 1. The van der Waals surface area contributed by atoms with Gasteiger partial charge in [0.15, 0.2) is 5.78 Å². The Morgan fingerprint density at radius 2 is 2.10 bits per heavy atom. The van der Waals surface area contributed by atoms with Crippen molar-refractivity contribution in [3.8, 4) is 0 Å². The van der Waals surface area contributed by atoms with Crippen LogP contribution >= 0.6 is 0 Å². The van der Waals surface area contributed by atoms with Gasteiger partial charge in [-0.2, -0.15) is 0 Å². The van der Waals surface area contributed by atoms with Crippen LogP contribution in [0.15, 0.2) is 18.2 Å². The molecular weight excluding hydrogens is 272 g/mol. The van der Waals surface area contributed by atoms with Crippen LogP contribution in [0.3, 0.4) is 0 Å². The quantitative estimate of drug-likeness (QED) is 0.868. The lowest BCUT2D eigenvalue weighted by Crippen LogP contribution is -2.33. The molecule has 0 bridgehead atoms. The second kappa shape index (κ2) is 5.20. The van der Waals surface area contributed by atoms with Gasteiger partial charge in [-0.05, 0) is 36.6 Å². The highest BCUT2D eigenvalue weighted by Crippen LogP contribution is 2.25. The minimum absolute atomic E-state index is 0.145. The van der Waals surface area contributed by atoms with E-state index in [2.05, 4.69) is 5.32 Å². The van der Waals surface area contributed by atoms with Gasteiger partial charge in [-0.1, -0.05) is 0 Å². The number of ketones is 1. The molecule has 1 aliphatic carbocycles. The Morgan fingerprint density at radius 3 is 2.81 bits per heavy atom. The molecule has 0 saturated carbocycles. The first-order valence-corrected chi connectivity index (χ1v) is 6.99. The molecule has 1 aromatic carbocycles. The molecule has 6 nitrogen and oxygen atoms in total. The second-order valence-electron chi connectivity index (χ2n) is 5.50. The number of anilines is 1. The molecule has 1 heterocycles. The predicted octanol–water partition coefficient (Wildman–Crippen LogP) is 1.75. The maximum atomic E-state index is 12.1. The number of carboxylic acid groups (broad SMARTS) is 1. The summed E-state index contributed by atoms with van der Waals surface area (Å²) >= 11 is 0. The molecule has 2 aliphatic rings. The first kappa shape index (κ1) is 13.6. The molecular formula is C15H16N2O4. The fourth-order valence-corrected chi connectivity index (χ4v) is 2.88. The summed E-state index contributed by atoms with van der Waals surface area (Å²) in [5.41, 5.74) is 2.34. The number of carbonyl (C=O) groups is 3. The Hall–Kier alpha value is -2.37. The lowest BCUT2D eigenvalue weighted by molar-refractivity contribution is -0.141. The number of benzene rings is 1. The second-order valence-corrected chi connectivity index (χ2v) is 5.50. The fraction of sp³-hybridized carbons (Fsp3) is 0.400. The summed E-state index contributed by atoms with van der Waals surface area (Å²) < 4.78 is 0. The topological polar surface area (TPSA) is 86.7 Å². The largest absolute Gasteiger partial charge is 0.481 e. The molecule has 1 saturated heterocycles. The lowest BCUT2D eigenvalue weighted by Gasteiger charge is -2.17. The Balaban J connectivity index is 1.66. The molecule has 0 spiro atoms. The van der Waals surface area contributed by atoms with Gasteiger partial charge in [-0.3, -0.25) is 9.59 Å². The molecule has 1 atom stereocenters. The van der Waals surface area contributed by atoms with Crippen LogP contribution in [0.5, 0.6) is 0 Å². The van der Waals surface area contributed by atoms with Gasteiger partial charge in [-0.15, -0.1) is 0 Å². The number of hydrogen-bond acceptors (Lipinski definition) is 3. The van der Waals surface area contributed by atoms with Crippen LogP contribution in [0, 0.1) is 5.92 Å². The van der Waals surface area contributed by atoms with E-state index in [4.69, 9.17) is 5.11 Å².